The number of fused-ring (bicyclic) bond motifs is 2. The maximum absolute atomic E-state index is 10.8. The molecule has 6 nitrogen and oxygen atoms in total. The monoisotopic (exact) mass is 203 g/mol. The van der Waals surface area contributed by atoms with Crippen LogP contribution in [0, 0.1) is 0 Å². The van der Waals surface area contributed by atoms with E-state index in [9.17, 15) is 15.0 Å². The first kappa shape index (κ1) is 9.85. The van der Waals surface area contributed by atoms with E-state index in [1.54, 1.807) is 0 Å². The second-order valence-electron chi connectivity index (χ2n) is 3.58. The van der Waals surface area contributed by atoms with Gasteiger partial charge in [-0.1, -0.05) is 0 Å². The van der Waals surface area contributed by atoms with Crippen LogP contribution in [0.2, 0.25) is 0 Å². The quantitative estimate of drug-likeness (QED) is 0.457. The van der Waals surface area contributed by atoms with Crippen molar-refractivity contribution in [3.8, 4) is 0 Å². The highest BCUT2D eigenvalue weighted by molar-refractivity contribution is 5.73. The largest absolute Gasteiger partial charge is 0.388 e. The summed E-state index contributed by atoms with van der Waals surface area (Å²) in [5, 5.41) is 21.7. The number of carbonyl (C=O) groups excluding carboxylic acids is 1. The van der Waals surface area contributed by atoms with Crippen molar-refractivity contribution in [3.05, 3.63) is 0 Å². The molecule has 6 heteroatoms. The molecule has 0 saturated carbocycles. The summed E-state index contributed by atoms with van der Waals surface area (Å²) in [6.45, 7) is 1.58. The van der Waals surface area contributed by atoms with Gasteiger partial charge in [-0.3, -0.25) is 4.79 Å². The number of aliphatic hydroxyl groups excluding tert-OH is 2. The van der Waals surface area contributed by atoms with E-state index in [2.05, 4.69) is 5.32 Å². The molecule has 2 heterocycles. The molecule has 2 saturated heterocycles. The van der Waals surface area contributed by atoms with E-state index in [1.807, 2.05) is 0 Å². The standard InChI is InChI=1S/C8H13NO5/c1-3(10)9-5-7(12)6(11)4-2-13-8(5)14-4/h4-8,11-12H,2H2,1H3,(H,9,10)/t4-,5-,6-,7-,8-/m1/s1. The number of aliphatic hydroxyl groups is 2. The maximum atomic E-state index is 10.8. The Morgan fingerprint density at radius 2 is 2.14 bits per heavy atom. The molecule has 0 aromatic heterocycles. The molecule has 80 valence electrons. The zero-order valence-corrected chi connectivity index (χ0v) is 7.71. The van der Waals surface area contributed by atoms with Crippen molar-refractivity contribution in [2.75, 3.05) is 6.61 Å². The number of ether oxygens (including phenoxy) is 2. The Hall–Kier alpha value is -0.690. The van der Waals surface area contributed by atoms with Gasteiger partial charge >= 0.3 is 0 Å². The van der Waals surface area contributed by atoms with Crippen molar-refractivity contribution in [2.24, 2.45) is 0 Å². The van der Waals surface area contributed by atoms with E-state index >= 15 is 0 Å². The third-order valence-corrected chi connectivity index (χ3v) is 2.50. The Morgan fingerprint density at radius 3 is 2.79 bits per heavy atom. The van der Waals surface area contributed by atoms with Crippen LogP contribution < -0.4 is 5.32 Å². The van der Waals surface area contributed by atoms with Crippen molar-refractivity contribution >= 4 is 5.91 Å². The summed E-state index contributed by atoms with van der Waals surface area (Å²) in [7, 11) is 0. The van der Waals surface area contributed by atoms with Crippen molar-refractivity contribution in [3.63, 3.8) is 0 Å². The lowest BCUT2D eigenvalue weighted by Crippen LogP contribution is -2.60. The van der Waals surface area contributed by atoms with Crippen molar-refractivity contribution in [1.29, 1.82) is 0 Å². The van der Waals surface area contributed by atoms with E-state index in [-0.39, 0.29) is 12.5 Å². The van der Waals surface area contributed by atoms with Crippen LogP contribution in [0.1, 0.15) is 6.92 Å². The summed E-state index contributed by atoms with van der Waals surface area (Å²) in [5.41, 5.74) is 0. The van der Waals surface area contributed by atoms with Gasteiger partial charge in [0.15, 0.2) is 6.29 Å². The predicted octanol–water partition coefficient (Wildman–Crippen LogP) is -2.03. The Labute approximate surface area is 80.8 Å². The fraction of sp³-hybridized carbons (Fsp3) is 0.875. The first-order valence-electron chi connectivity index (χ1n) is 4.50. The van der Waals surface area contributed by atoms with Crippen LogP contribution in [0.3, 0.4) is 0 Å². The molecule has 0 aromatic rings. The molecule has 2 aliphatic rings. The van der Waals surface area contributed by atoms with Gasteiger partial charge in [-0.25, -0.2) is 0 Å². The molecular weight excluding hydrogens is 190 g/mol. The van der Waals surface area contributed by atoms with Gasteiger partial charge in [0, 0.05) is 6.92 Å². The van der Waals surface area contributed by atoms with Gasteiger partial charge in [0.05, 0.1) is 6.61 Å². The van der Waals surface area contributed by atoms with Crippen LogP contribution in [0.5, 0.6) is 0 Å². The summed E-state index contributed by atoms with van der Waals surface area (Å²) in [6.07, 6.45) is -3.18. The number of carbonyl (C=O) groups is 1. The molecule has 0 radical (unpaired) electrons. The molecule has 3 N–H and O–H groups in total. The molecular formula is C8H13NO5. The minimum Gasteiger partial charge on any atom is -0.388 e. The highest BCUT2D eigenvalue weighted by Crippen LogP contribution is 2.27. The number of hydrogen-bond acceptors (Lipinski definition) is 5. The summed E-state index contributed by atoms with van der Waals surface area (Å²) < 4.78 is 10.4. The highest BCUT2D eigenvalue weighted by Gasteiger charge is 2.49. The molecule has 5 atom stereocenters. The summed E-state index contributed by atoms with van der Waals surface area (Å²) in [5.74, 6) is -0.293. The molecule has 0 aromatic carbocycles. The number of hydrogen-bond donors (Lipinski definition) is 3. The Balaban J connectivity index is 2.10. The van der Waals surface area contributed by atoms with E-state index in [0.717, 1.165) is 0 Å². The predicted molar refractivity (Wildman–Crippen MR) is 44.2 cm³/mol. The lowest BCUT2D eigenvalue weighted by atomic mass is 9.99. The van der Waals surface area contributed by atoms with Gasteiger partial charge in [0.25, 0.3) is 0 Å². The second kappa shape index (κ2) is 3.47. The topological polar surface area (TPSA) is 88.0 Å². The van der Waals surface area contributed by atoms with Crippen molar-refractivity contribution in [2.45, 2.75) is 37.6 Å². The van der Waals surface area contributed by atoms with Crippen LogP contribution in [-0.4, -0.2) is 53.4 Å². The SMILES string of the molecule is CC(=O)N[C@H]1[C@@H]2OC[C@@H](O2)[C@@H](O)[C@@H]1O. The summed E-state index contributed by atoms with van der Waals surface area (Å²) in [4.78, 5) is 10.8. The molecule has 14 heavy (non-hydrogen) atoms. The third-order valence-electron chi connectivity index (χ3n) is 2.50. The molecule has 2 fully saturated rings. The minimum absolute atomic E-state index is 0.249. The Morgan fingerprint density at radius 1 is 1.43 bits per heavy atom. The fourth-order valence-electron chi connectivity index (χ4n) is 1.79. The van der Waals surface area contributed by atoms with Crippen molar-refractivity contribution in [1.82, 2.24) is 5.32 Å². The van der Waals surface area contributed by atoms with Gasteiger partial charge in [-0.2, -0.15) is 0 Å². The van der Waals surface area contributed by atoms with Crippen LogP contribution in [0.15, 0.2) is 0 Å². The van der Waals surface area contributed by atoms with E-state index < -0.39 is 30.6 Å². The summed E-state index contributed by atoms with van der Waals surface area (Å²) in [6, 6.07) is -0.693. The smallest absolute Gasteiger partial charge is 0.217 e. The molecule has 0 aliphatic carbocycles. The van der Waals surface area contributed by atoms with Gasteiger partial charge in [-0.05, 0) is 0 Å². The van der Waals surface area contributed by atoms with Gasteiger partial charge in [0.2, 0.25) is 5.91 Å². The van der Waals surface area contributed by atoms with Gasteiger partial charge in [-0.15, -0.1) is 0 Å². The zero-order chi connectivity index (χ0) is 10.3. The first-order valence-corrected chi connectivity index (χ1v) is 4.50. The molecule has 0 spiro atoms. The number of nitrogens with one attached hydrogen (secondary N) is 1. The average Bonchev–Trinajstić information content (AvgIpc) is 2.55. The number of amides is 1. The molecule has 1 amide bonds. The minimum atomic E-state index is -1.04. The lowest BCUT2D eigenvalue weighted by Gasteiger charge is -2.35. The fourth-order valence-corrected chi connectivity index (χ4v) is 1.79. The number of rotatable bonds is 1. The maximum Gasteiger partial charge on any atom is 0.217 e. The lowest BCUT2D eigenvalue weighted by molar-refractivity contribution is -0.186. The van der Waals surface area contributed by atoms with E-state index in [4.69, 9.17) is 9.47 Å². The Kier molecular flexibility index (Phi) is 2.44. The van der Waals surface area contributed by atoms with Crippen LogP contribution in [-0.2, 0) is 14.3 Å². The molecule has 2 rings (SSSR count). The van der Waals surface area contributed by atoms with Gasteiger partial charge < -0.3 is 25.0 Å². The van der Waals surface area contributed by atoms with Crippen LogP contribution >= 0.6 is 0 Å². The zero-order valence-electron chi connectivity index (χ0n) is 7.71. The Bertz CT molecular complexity index is 246. The first-order chi connectivity index (χ1) is 6.59. The molecule has 2 aliphatic heterocycles. The normalized spacial score (nSPS) is 46.4. The van der Waals surface area contributed by atoms with E-state index in [1.165, 1.54) is 6.92 Å². The third kappa shape index (κ3) is 1.50. The van der Waals surface area contributed by atoms with E-state index in [0.29, 0.717) is 0 Å². The molecule has 0 unspecified atom stereocenters. The highest BCUT2D eigenvalue weighted by atomic mass is 16.7. The summed E-state index contributed by atoms with van der Waals surface area (Å²) >= 11 is 0. The van der Waals surface area contributed by atoms with Crippen LogP contribution in [0.4, 0.5) is 0 Å². The van der Waals surface area contributed by atoms with Gasteiger partial charge in [0.1, 0.15) is 24.4 Å². The average molecular weight is 203 g/mol. The van der Waals surface area contributed by atoms with Crippen molar-refractivity contribution < 1.29 is 24.5 Å². The van der Waals surface area contributed by atoms with Crippen LogP contribution in [0.25, 0.3) is 0 Å². The second-order valence-corrected chi connectivity index (χ2v) is 3.58. The molecule has 2 bridgehead atoms.